The topological polar surface area (TPSA) is 130 Å². The summed E-state index contributed by atoms with van der Waals surface area (Å²) in [5.74, 6) is -0.613. The number of fused-ring (bicyclic) bond motifs is 1. The van der Waals surface area contributed by atoms with Crippen LogP contribution < -0.4 is 10.9 Å². The van der Waals surface area contributed by atoms with Crippen molar-refractivity contribution in [3.8, 4) is 5.75 Å². The van der Waals surface area contributed by atoms with Gasteiger partial charge in [0.05, 0.1) is 0 Å². The van der Waals surface area contributed by atoms with E-state index in [9.17, 15) is 19.5 Å². The minimum Gasteiger partial charge on any atom is -0.507 e. The maximum atomic E-state index is 13.0. The van der Waals surface area contributed by atoms with Crippen LogP contribution in [0.5, 0.6) is 5.75 Å². The van der Waals surface area contributed by atoms with Gasteiger partial charge < -0.3 is 19.0 Å². The first-order valence-corrected chi connectivity index (χ1v) is 12.0. The van der Waals surface area contributed by atoms with Crippen molar-refractivity contribution in [3.63, 3.8) is 0 Å². The van der Waals surface area contributed by atoms with Crippen LogP contribution in [0.4, 0.5) is 4.79 Å². The van der Waals surface area contributed by atoms with Gasteiger partial charge in [-0.1, -0.05) is 32.4 Å². The molecule has 36 heavy (non-hydrogen) atoms. The number of aryl methyl sites for hydroxylation is 1. The fourth-order valence-electron chi connectivity index (χ4n) is 3.85. The van der Waals surface area contributed by atoms with Crippen LogP contribution in [0.2, 0.25) is 0 Å². The van der Waals surface area contributed by atoms with Crippen molar-refractivity contribution in [1.29, 1.82) is 0 Å². The molecule has 0 saturated carbocycles. The van der Waals surface area contributed by atoms with E-state index in [1.807, 2.05) is 18.2 Å². The van der Waals surface area contributed by atoms with Gasteiger partial charge in [-0.3, -0.25) is 10.1 Å². The molecule has 8 nitrogen and oxygen atoms in total. The third kappa shape index (κ3) is 6.75. The molecular formula is C28H31NO7. The Morgan fingerprint density at radius 1 is 1.17 bits per heavy atom. The summed E-state index contributed by atoms with van der Waals surface area (Å²) in [4.78, 5) is 36.0. The van der Waals surface area contributed by atoms with Crippen LogP contribution in [0.25, 0.3) is 17.0 Å². The van der Waals surface area contributed by atoms with Gasteiger partial charge in [0.1, 0.15) is 28.4 Å². The lowest BCUT2D eigenvalue weighted by Crippen LogP contribution is -2.16. The van der Waals surface area contributed by atoms with Crippen molar-refractivity contribution >= 4 is 28.9 Å². The number of rotatable bonds is 11. The molecular weight excluding hydrogens is 462 g/mol. The first kappa shape index (κ1) is 26.5. The lowest BCUT2D eigenvalue weighted by molar-refractivity contribution is 0.102. The van der Waals surface area contributed by atoms with Gasteiger partial charge in [-0.15, -0.1) is 0 Å². The van der Waals surface area contributed by atoms with Gasteiger partial charge >= 0.3 is 11.7 Å². The summed E-state index contributed by atoms with van der Waals surface area (Å²) in [5, 5.41) is 22.1. The van der Waals surface area contributed by atoms with E-state index in [-0.39, 0.29) is 17.3 Å². The molecule has 0 aliphatic heterocycles. The second-order valence-corrected chi connectivity index (χ2v) is 8.81. The third-order valence-electron chi connectivity index (χ3n) is 5.89. The Labute approximate surface area is 208 Å². The third-order valence-corrected chi connectivity index (χ3v) is 5.89. The predicted octanol–water partition coefficient (Wildman–Crippen LogP) is 6.39. The molecule has 8 heteroatoms. The Hall–Kier alpha value is -4.07. The average molecular weight is 494 g/mol. The number of carbonyl (C=O) groups is 2. The van der Waals surface area contributed by atoms with Crippen molar-refractivity contribution in [2.75, 3.05) is 0 Å². The lowest BCUT2D eigenvalue weighted by atomic mass is 9.99. The molecule has 1 atom stereocenters. The predicted molar refractivity (Wildman–Crippen MR) is 137 cm³/mol. The maximum Gasteiger partial charge on any atom is 0.408 e. The highest BCUT2D eigenvalue weighted by molar-refractivity contribution is 6.12. The summed E-state index contributed by atoms with van der Waals surface area (Å²) in [6.45, 7) is 5.50. The Bertz CT molecular complexity index is 1360. The summed E-state index contributed by atoms with van der Waals surface area (Å²) in [7, 11) is 0. The quantitative estimate of drug-likeness (QED) is 0.208. The normalized spacial score (nSPS) is 12.8. The van der Waals surface area contributed by atoms with Crippen molar-refractivity contribution in [1.82, 2.24) is 5.32 Å². The Morgan fingerprint density at radius 2 is 1.94 bits per heavy atom. The number of unbranched alkanes of at least 4 members (excludes halogenated alkanes) is 1. The van der Waals surface area contributed by atoms with Gasteiger partial charge in [-0.25, -0.2) is 9.59 Å². The van der Waals surface area contributed by atoms with Crippen LogP contribution in [0, 0.1) is 0 Å². The number of allylic oxidation sites excluding steroid dienone is 2. The number of Topliss-reactive ketones (excluding diaryl/α,β-unsaturated/α-hetero) is 1. The van der Waals surface area contributed by atoms with Crippen LogP contribution in [-0.2, 0) is 6.42 Å². The second-order valence-electron chi connectivity index (χ2n) is 8.81. The number of ketones is 1. The number of hydrogen-bond acceptors (Lipinski definition) is 6. The maximum absolute atomic E-state index is 13.0. The minimum atomic E-state index is -1.16. The molecule has 0 aliphatic rings. The molecule has 0 aliphatic carbocycles. The minimum absolute atomic E-state index is 0.222. The zero-order valence-electron chi connectivity index (χ0n) is 20.7. The van der Waals surface area contributed by atoms with Gasteiger partial charge in [0.2, 0.25) is 0 Å². The van der Waals surface area contributed by atoms with E-state index in [2.05, 4.69) is 18.3 Å². The van der Waals surface area contributed by atoms with Gasteiger partial charge in [0.15, 0.2) is 5.78 Å². The lowest BCUT2D eigenvalue weighted by Gasteiger charge is -2.11. The smallest absolute Gasteiger partial charge is 0.408 e. The number of aromatic hydroxyl groups is 1. The van der Waals surface area contributed by atoms with Crippen LogP contribution in [0.3, 0.4) is 0 Å². The molecule has 1 amide bonds. The van der Waals surface area contributed by atoms with E-state index in [0.29, 0.717) is 24.2 Å². The highest BCUT2D eigenvalue weighted by atomic mass is 16.4. The fourth-order valence-corrected chi connectivity index (χ4v) is 3.85. The molecule has 3 rings (SSSR count). The number of nitrogens with one attached hydrogen (secondary N) is 1. The molecule has 1 aromatic carbocycles. The Kier molecular flexibility index (Phi) is 8.89. The summed E-state index contributed by atoms with van der Waals surface area (Å²) in [6, 6.07) is 9.14. The molecule has 3 aromatic rings. The molecule has 0 radical (unpaired) electrons. The van der Waals surface area contributed by atoms with Gasteiger partial charge in [0.25, 0.3) is 0 Å². The van der Waals surface area contributed by atoms with E-state index >= 15 is 0 Å². The number of amides is 1. The highest BCUT2D eigenvalue weighted by Crippen LogP contribution is 2.27. The standard InChI is InChI=1S/C28H31NO7/c1-4-5-9-19-10-11-23-20(14-19)15-21(35-23)13-18(3)26(31)25-22(30)16-24(36-27(25)32)17(2)8-6-7-12-29-28(33)34/h7,10-17,29-30H,4-6,8-9H2,1-3H3,(H,33,34)/b12-7?,18-13+. The zero-order valence-corrected chi connectivity index (χ0v) is 20.7. The van der Waals surface area contributed by atoms with Crippen LogP contribution >= 0.6 is 0 Å². The molecule has 0 bridgehead atoms. The van der Waals surface area contributed by atoms with Crippen molar-refractivity contribution in [2.24, 2.45) is 0 Å². The SMILES string of the molecule is CCCCc1ccc2oc(/C=C(\C)C(=O)c3c(O)cc(C(C)CCC=CNC(=O)O)oc3=O)cc2c1. The van der Waals surface area contributed by atoms with E-state index in [1.165, 1.54) is 17.8 Å². The van der Waals surface area contributed by atoms with Crippen LogP contribution in [-0.4, -0.2) is 22.1 Å². The number of furan rings is 1. The van der Waals surface area contributed by atoms with Crippen molar-refractivity contribution in [2.45, 2.75) is 58.8 Å². The van der Waals surface area contributed by atoms with E-state index < -0.39 is 28.8 Å². The summed E-state index contributed by atoms with van der Waals surface area (Å²) >= 11 is 0. The van der Waals surface area contributed by atoms with Crippen molar-refractivity contribution in [3.05, 3.63) is 81.2 Å². The highest BCUT2D eigenvalue weighted by Gasteiger charge is 2.22. The van der Waals surface area contributed by atoms with E-state index in [1.54, 1.807) is 26.0 Å². The largest absolute Gasteiger partial charge is 0.507 e. The molecule has 3 N–H and O–H groups in total. The van der Waals surface area contributed by atoms with Gasteiger partial charge in [-0.2, -0.15) is 0 Å². The number of hydrogen-bond donors (Lipinski definition) is 3. The van der Waals surface area contributed by atoms with Crippen LogP contribution in [0.1, 0.15) is 79.8 Å². The van der Waals surface area contributed by atoms with Gasteiger partial charge in [-0.05, 0) is 62.4 Å². The molecule has 0 saturated heterocycles. The molecule has 1 unspecified atom stereocenters. The summed E-state index contributed by atoms with van der Waals surface area (Å²) in [6.07, 6.45) is 7.61. The fraction of sp³-hybridized carbons (Fsp3) is 0.321. The molecule has 0 spiro atoms. The molecule has 190 valence electrons. The second kappa shape index (κ2) is 12.1. The number of carboxylic acid groups (broad SMARTS) is 1. The van der Waals surface area contributed by atoms with Crippen LogP contribution in [0.15, 0.2) is 61.8 Å². The molecule has 0 fully saturated rings. The zero-order chi connectivity index (χ0) is 26.2. The first-order chi connectivity index (χ1) is 17.2. The van der Waals surface area contributed by atoms with E-state index in [0.717, 1.165) is 24.6 Å². The molecule has 2 aromatic heterocycles. The van der Waals surface area contributed by atoms with Gasteiger partial charge in [0, 0.05) is 29.1 Å². The van der Waals surface area contributed by atoms with Crippen molar-refractivity contribution < 1.29 is 28.6 Å². The number of benzene rings is 1. The monoisotopic (exact) mass is 493 g/mol. The molecule has 2 heterocycles. The average Bonchev–Trinajstić information content (AvgIpc) is 3.22. The summed E-state index contributed by atoms with van der Waals surface area (Å²) in [5.41, 5.74) is 0.806. The Balaban J connectivity index is 1.75. The first-order valence-electron chi connectivity index (χ1n) is 12.0. The van der Waals surface area contributed by atoms with E-state index in [4.69, 9.17) is 13.9 Å². The Morgan fingerprint density at radius 3 is 2.64 bits per heavy atom. The summed E-state index contributed by atoms with van der Waals surface area (Å²) < 4.78 is 11.2. The number of carbonyl (C=O) groups excluding carboxylic acids is 1.